The third-order valence-corrected chi connectivity index (χ3v) is 5.84. The second kappa shape index (κ2) is 9.34. The molecule has 1 aliphatic heterocycles. The highest BCUT2D eigenvalue weighted by molar-refractivity contribution is 9.10. The Kier molecular flexibility index (Phi) is 7.66. The van der Waals surface area contributed by atoms with Crippen molar-refractivity contribution in [3.05, 3.63) is 39.3 Å². The van der Waals surface area contributed by atoms with Crippen LogP contribution in [-0.4, -0.2) is 49.6 Å². The number of hydrogen-bond acceptors (Lipinski definition) is 6. The Morgan fingerprint density at radius 3 is 2.23 bits per heavy atom. The number of rotatable bonds is 5. The molecule has 0 saturated carbocycles. The predicted molar refractivity (Wildman–Crippen MR) is 124 cm³/mol. The summed E-state index contributed by atoms with van der Waals surface area (Å²) < 4.78 is 23.2. The summed E-state index contributed by atoms with van der Waals surface area (Å²) in [6.07, 6.45) is 1.33. The average Bonchev–Trinajstić information content (AvgIpc) is 2.84. The van der Waals surface area contributed by atoms with Gasteiger partial charge >= 0.3 is 19.2 Å². The number of carbonyl (C=O) groups excluding carboxylic acids is 2. The number of ether oxygens (including phenoxy) is 2. The SMILES string of the molecule is COC(=O)c1ccc(C=C(CNC(=O)OC(C)(C)C)B2OC(C)(C)C(C)(C)O2)c(Br)c1. The van der Waals surface area contributed by atoms with Gasteiger partial charge in [-0.25, -0.2) is 9.59 Å². The molecule has 1 aromatic rings. The third kappa shape index (κ3) is 6.57. The number of esters is 1. The van der Waals surface area contributed by atoms with Gasteiger partial charge in [0.2, 0.25) is 0 Å². The zero-order valence-electron chi connectivity index (χ0n) is 19.4. The van der Waals surface area contributed by atoms with E-state index in [1.54, 1.807) is 39.0 Å². The summed E-state index contributed by atoms with van der Waals surface area (Å²) in [5.41, 5.74) is 0.254. The summed E-state index contributed by atoms with van der Waals surface area (Å²) in [4.78, 5) is 24.0. The lowest BCUT2D eigenvalue weighted by molar-refractivity contribution is 0.00578. The van der Waals surface area contributed by atoms with E-state index in [2.05, 4.69) is 21.2 Å². The molecule has 31 heavy (non-hydrogen) atoms. The van der Waals surface area contributed by atoms with E-state index >= 15 is 0 Å². The van der Waals surface area contributed by atoms with E-state index in [0.29, 0.717) is 15.5 Å². The molecule has 1 aromatic carbocycles. The normalized spacial score (nSPS) is 18.0. The Hall–Kier alpha value is -1.84. The maximum Gasteiger partial charge on any atom is 0.492 e. The van der Waals surface area contributed by atoms with E-state index in [4.69, 9.17) is 18.8 Å². The Bertz CT molecular complexity index is 859. The lowest BCUT2D eigenvalue weighted by Gasteiger charge is -2.32. The number of halogens is 1. The van der Waals surface area contributed by atoms with Gasteiger partial charge in [0.25, 0.3) is 0 Å². The molecule has 2 rings (SSSR count). The molecule has 0 radical (unpaired) electrons. The molecule has 0 aromatic heterocycles. The third-order valence-electron chi connectivity index (χ3n) is 5.15. The minimum absolute atomic E-state index is 0.164. The number of carbonyl (C=O) groups is 2. The predicted octanol–water partition coefficient (Wildman–Crippen LogP) is 4.78. The molecule has 1 fully saturated rings. The van der Waals surface area contributed by atoms with Crippen molar-refractivity contribution in [3.8, 4) is 0 Å². The first-order valence-electron chi connectivity index (χ1n) is 10.1. The van der Waals surface area contributed by atoms with Gasteiger partial charge < -0.3 is 24.1 Å². The number of methoxy groups -OCH3 is 1. The molecule has 1 N–H and O–H groups in total. The van der Waals surface area contributed by atoms with Gasteiger partial charge in [-0.05, 0) is 71.6 Å². The van der Waals surface area contributed by atoms with Crippen LogP contribution >= 0.6 is 15.9 Å². The summed E-state index contributed by atoms with van der Waals surface area (Å²) in [7, 11) is 0.676. The highest BCUT2D eigenvalue weighted by Gasteiger charge is 2.52. The Morgan fingerprint density at radius 1 is 1.16 bits per heavy atom. The van der Waals surface area contributed by atoms with Crippen LogP contribution in [0.4, 0.5) is 4.79 Å². The minimum atomic E-state index is -0.660. The molecule has 1 aliphatic rings. The van der Waals surface area contributed by atoms with Gasteiger partial charge in [0, 0.05) is 11.0 Å². The number of hydrogen-bond donors (Lipinski definition) is 1. The number of amides is 1. The van der Waals surface area contributed by atoms with Crippen molar-refractivity contribution in [2.45, 2.75) is 65.3 Å². The van der Waals surface area contributed by atoms with E-state index in [1.807, 2.05) is 33.8 Å². The first-order valence-corrected chi connectivity index (χ1v) is 10.9. The summed E-state index contributed by atoms with van der Waals surface area (Å²) in [5, 5.41) is 2.77. The fourth-order valence-corrected chi connectivity index (χ4v) is 3.27. The average molecular weight is 496 g/mol. The van der Waals surface area contributed by atoms with Crippen LogP contribution in [0, 0.1) is 0 Å². The van der Waals surface area contributed by atoms with Crippen LogP contribution in [0.25, 0.3) is 6.08 Å². The highest BCUT2D eigenvalue weighted by Crippen LogP contribution is 2.39. The summed E-state index contributed by atoms with van der Waals surface area (Å²) in [6, 6.07) is 5.14. The van der Waals surface area contributed by atoms with Crippen LogP contribution in [0.3, 0.4) is 0 Å². The number of alkyl carbamates (subject to hydrolysis) is 1. The minimum Gasteiger partial charge on any atom is -0.465 e. The summed E-state index contributed by atoms with van der Waals surface area (Å²) >= 11 is 3.50. The monoisotopic (exact) mass is 495 g/mol. The molecule has 0 unspecified atom stereocenters. The quantitative estimate of drug-likeness (QED) is 0.467. The van der Waals surface area contributed by atoms with Crippen molar-refractivity contribution >= 4 is 41.2 Å². The summed E-state index contributed by atoms with van der Waals surface area (Å²) in [6.45, 7) is 13.4. The molecule has 7 nitrogen and oxygen atoms in total. The van der Waals surface area contributed by atoms with Gasteiger partial charge in [-0.3, -0.25) is 0 Å². The second-order valence-electron chi connectivity index (χ2n) is 9.39. The molecule has 0 atom stereocenters. The topological polar surface area (TPSA) is 83.1 Å². The lowest BCUT2D eigenvalue weighted by atomic mass is 9.77. The van der Waals surface area contributed by atoms with Crippen LogP contribution in [0.2, 0.25) is 0 Å². The standard InChI is InChI=1S/C22H31BBrNO6/c1-20(2,3)29-19(27)25-13-16(23-30-21(4,5)22(6,7)31-23)11-14-9-10-15(12-17(14)24)18(26)28-8/h9-12H,13H2,1-8H3,(H,25,27). The molecule has 0 aliphatic carbocycles. The van der Waals surface area contributed by atoms with Gasteiger partial charge in [-0.1, -0.05) is 28.1 Å². The van der Waals surface area contributed by atoms with Gasteiger partial charge in [0.1, 0.15) is 5.60 Å². The van der Waals surface area contributed by atoms with Crippen LogP contribution in [-0.2, 0) is 18.8 Å². The molecule has 170 valence electrons. The van der Waals surface area contributed by atoms with Crippen molar-refractivity contribution in [2.75, 3.05) is 13.7 Å². The van der Waals surface area contributed by atoms with Crippen LogP contribution in [0.1, 0.15) is 64.4 Å². The van der Waals surface area contributed by atoms with Crippen molar-refractivity contribution in [1.82, 2.24) is 5.32 Å². The number of nitrogens with one attached hydrogen (secondary N) is 1. The fourth-order valence-electron chi connectivity index (χ4n) is 2.77. The summed E-state index contributed by atoms with van der Waals surface area (Å²) in [5.74, 6) is -0.422. The van der Waals surface area contributed by atoms with Gasteiger partial charge in [0.15, 0.2) is 0 Å². The molecule has 0 bridgehead atoms. The van der Waals surface area contributed by atoms with E-state index in [1.165, 1.54) is 7.11 Å². The largest absolute Gasteiger partial charge is 0.492 e. The first kappa shape index (κ1) is 25.4. The molecule has 0 spiro atoms. The molecule has 1 amide bonds. The van der Waals surface area contributed by atoms with Crippen molar-refractivity contribution in [2.24, 2.45) is 0 Å². The smallest absolute Gasteiger partial charge is 0.465 e. The zero-order valence-corrected chi connectivity index (χ0v) is 21.0. The molecule has 1 heterocycles. The molecular formula is C22H31BBrNO6. The molecular weight excluding hydrogens is 465 g/mol. The van der Waals surface area contributed by atoms with Crippen LogP contribution < -0.4 is 5.32 Å². The van der Waals surface area contributed by atoms with Gasteiger partial charge in [-0.15, -0.1) is 0 Å². The number of benzene rings is 1. The first-order chi connectivity index (χ1) is 14.1. The Morgan fingerprint density at radius 2 is 1.74 bits per heavy atom. The van der Waals surface area contributed by atoms with Crippen molar-refractivity contribution < 1.29 is 28.4 Å². The van der Waals surface area contributed by atoms with E-state index < -0.39 is 36.0 Å². The zero-order chi connectivity index (χ0) is 23.6. The van der Waals surface area contributed by atoms with E-state index in [0.717, 1.165) is 5.56 Å². The Labute approximate surface area is 193 Å². The second-order valence-corrected chi connectivity index (χ2v) is 10.2. The maximum absolute atomic E-state index is 12.2. The van der Waals surface area contributed by atoms with E-state index in [-0.39, 0.29) is 6.54 Å². The lowest BCUT2D eigenvalue weighted by Crippen LogP contribution is -2.41. The fraction of sp³-hybridized carbons (Fsp3) is 0.545. The van der Waals surface area contributed by atoms with Crippen molar-refractivity contribution in [1.29, 1.82) is 0 Å². The van der Waals surface area contributed by atoms with Crippen LogP contribution in [0.15, 0.2) is 28.1 Å². The van der Waals surface area contributed by atoms with Crippen molar-refractivity contribution in [3.63, 3.8) is 0 Å². The molecule has 9 heteroatoms. The maximum atomic E-state index is 12.2. The van der Waals surface area contributed by atoms with Gasteiger partial charge in [0.05, 0.1) is 23.9 Å². The van der Waals surface area contributed by atoms with Crippen LogP contribution in [0.5, 0.6) is 0 Å². The van der Waals surface area contributed by atoms with E-state index in [9.17, 15) is 9.59 Å². The Balaban J connectivity index is 2.34. The molecule has 1 saturated heterocycles. The highest BCUT2D eigenvalue weighted by atomic mass is 79.9. The van der Waals surface area contributed by atoms with Gasteiger partial charge in [-0.2, -0.15) is 0 Å².